The molecule has 3 heteroatoms. The molecule has 1 aliphatic rings. The Kier molecular flexibility index (Phi) is 1.85. The van der Waals surface area contributed by atoms with Crippen molar-refractivity contribution in [3.8, 4) is 0 Å². The molecule has 1 aromatic rings. The Balaban J connectivity index is 2.47. The normalized spacial score (nSPS) is 20.7. The van der Waals surface area contributed by atoms with Crippen LogP contribution in [-0.2, 0) is 6.42 Å². The maximum Gasteiger partial charge on any atom is 0.147 e. The molecule has 2 nitrogen and oxygen atoms in total. The molecule has 0 saturated carbocycles. The highest BCUT2D eigenvalue weighted by Crippen LogP contribution is 2.20. The third kappa shape index (κ3) is 1.34. The second kappa shape index (κ2) is 2.87. The Labute approximate surface area is 76.3 Å². The van der Waals surface area contributed by atoms with Gasteiger partial charge >= 0.3 is 0 Å². The number of nitrogens with zero attached hydrogens (tertiary/aromatic N) is 2. The van der Waals surface area contributed by atoms with Crippen molar-refractivity contribution in [2.24, 2.45) is 5.92 Å². The van der Waals surface area contributed by atoms with Crippen LogP contribution in [0.1, 0.15) is 18.3 Å². The molecule has 0 aromatic carbocycles. The fourth-order valence-corrected chi connectivity index (χ4v) is 1.48. The van der Waals surface area contributed by atoms with E-state index in [1.165, 1.54) is 0 Å². The second-order valence-electron chi connectivity index (χ2n) is 3.07. The molecule has 0 spiro atoms. The first-order chi connectivity index (χ1) is 5.75. The van der Waals surface area contributed by atoms with Gasteiger partial charge in [-0.3, -0.25) is 4.98 Å². The van der Waals surface area contributed by atoms with Gasteiger partial charge in [-0.25, -0.2) is 4.98 Å². The number of hydrogen-bond acceptors (Lipinski definition) is 2. The third-order valence-corrected chi connectivity index (χ3v) is 2.13. The Morgan fingerprint density at radius 3 is 3.25 bits per heavy atom. The Morgan fingerprint density at radius 1 is 1.58 bits per heavy atom. The summed E-state index contributed by atoms with van der Waals surface area (Å²) in [6.45, 7) is 2.15. The molecular weight excluding hydrogens is 172 g/mol. The average molecular weight is 181 g/mol. The summed E-state index contributed by atoms with van der Waals surface area (Å²) in [5, 5.41) is 0.483. The van der Waals surface area contributed by atoms with E-state index < -0.39 is 0 Å². The van der Waals surface area contributed by atoms with Crippen LogP contribution in [0.2, 0.25) is 5.15 Å². The Morgan fingerprint density at radius 2 is 2.42 bits per heavy atom. The van der Waals surface area contributed by atoms with Gasteiger partial charge in [-0.1, -0.05) is 24.6 Å². The van der Waals surface area contributed by atoms with E-state index >= 15 is 0 Å². The Bertz CT molecular complexity index is 333. The topological polar surface area (TPSA) is 25.8 Å². The minimum Gasteiger partial charge on any atom is -0.252 e. The van der Waals surface area contributed by atoms with Crippen LogP contribution in [-0.4, -0.2) is 9.97 Å². The van der Waals surface area contributed by atoms with Gasteiger partial charge in [0.05, 0.1) is 17.6 Å². The molecule has 1 unspecified atom stereocenters. The molecule has 1 aliphatic carbocycles. The van der Waals surface area contributed by atoms with Crippen molar-refractivity contribution in [2.45, 2.75) is 13.3 Å². The minimum absolute atomic E-state index is 0.483. The number of rotatable bonds is 0. The molecule has 2 rings (SSSR count). The summed E-state index contributed by atoms with van der Waals surface area (Å²) < 4.78 is 0. The van der Waals surface area contributed by atoms with Crippen LogP contribution in [0.5, 0.6) is 0 Å². The average Bonchev–Trinajstić information content (AvgIpc) is 2.03. The van der Waals surface area contributed by atoms with Crippen LogP contribution in [0.25, 0.3) is 6.08 Å². The number of allylic oxidation sites excluding steroid dienone is 1. The first kappa shape index (κ1) is 7.74. The van der Waals surface area contributed by atoms with Crippen molar-refractivity contribution < 1.29 is 0 Å². The maximum atomic E-state index is 5.73. The van der Waals surface area contributed by atoms with E-state index in [0.29, 0.717) is 11.1 Å². The summed E-state index contributed by atoms with van der Waals surface area (Å²) in [6.07, 6.45) is 6.68. The van der Waals surface area contributed by atoms with Gasteiger partial charge in [0, 0.05) is 0 Å². The van der Waals surface area contributed by atoms with E-state index in [0.717, 1.165) is 17.8 Å². The highest BCUT2D eigenvalue weighted by Gasteiger charge is 2.12. The van der Waals surface area contributed by atoms with Crippen LogP contribution >= 0.6 is 11.6 Å². The molecule has 0 aliphatic heterocycles. The number of aromatic nitrogens is 2. The van der Waals surface area contributed by atoms with Gasteiger partial charge in [0.2, 0.25) is 0 Å². The van der Waals surface area contributed by atoms with Gasteiger partial charge in [-0.05, 0) is 18.4 Å². The molecular formula is C9H9ClN2. The quantitative estimate of drug-likeness (QED) is 0.613. The van der Waals surface area contributed by atoms with E-state index in [9.17, 15) is 0 Å². The first-order valence-corrected chi connectivity index (χ1v) is 4.33. The fraction of sp³-hybridized carbons (Fsp3) is 0.333. The highest BCUT2D eigenvalue weighted by molar-refractivity contribution is 6.29. The molecule has 0 amide bonds. The lowest BCUT2D eigenvalue weighted by molar-refractivity contribution is 0.693. The third-order valence-electron chi connectivity index (χ3n) is 1.95. The van der Waals surface area contributed by atoms with Gasteiger partial charge in [-0.15, -0.1) is 0 Å². The largest absolute Gasteiger partial charge is 0.252 e. The predicted octanol–water partition coefficient (Wildman–Crippen LogP) is 2.34. The van der Waals surface area contributed by atoms with E-state index in [1.54, 1.807) is 6.20 Å². The van der Waals surface area contributed by atoms with E-state index in [2.05, 4.69) is 23.0 Å². The van der Waals surface area contributed by atoms with Crippen molar-refractivity contribution in [3.05, 3.63) is 28.8 Å². The number of halogens is 1. The fourth-order valence-electron chi connectivity index (χ4n) is 1.33. The molecule has 62 valence electrons. The predicted molar refractivity (Wildman–Crippen MR) is 48.9 cm³/mol. The Hall–Kier alpha value is -0.890. The lowest BCUT2D eigenvalue weighted by Gasteiger charge is -2.13. The summed E-state index contributed by atoms with van der Waals surface area (Å²) in [6, 6.07) is 0. The number of fused-ring (bicyclic) bond motifs is 1. The van der Waals surface area contributed by atoms with Gasteiger partial charge in [-0.2, -0.15) is 0 Å². The summed E-state index contributed by atoms with van der Waals surface area (Å²) in [5.74, 6) is 0.547. The molecule has 0 N–H and O–H groups in total. The SMILES string of the molecule is CC1C=Cc2ncc(Cl)nc2C1. The van der Waals surface area contributed by atoms with Gasteiger partial charge < -0.3 is 0 Å². The van der Waals surface area contributed by atoms with Crippen molar-refractivity contribution in [3.63, 3.8) is 0 Å². The summed E-state index contributed by atoms with van der Waals surface area (Å²) in [7, 11) is 0. The zero-order valence-corrected chi connectivity index (χ0v) is 7.54. The van der Waals surface area contributed by atoms with Gasteiger partial charge in [0.25, 0.3) is 0 Å². The van der Waals surface area contributed by atoms with Crippen LogP contribution in [0, 0.1) is 5.92 Å². The van der Waals surface area contributed by atoms with E-state index in [4.69, 9.17) is 11.6 Å². The molecule has 0 radical (unpaired) electrons. The lowest BCUT2D eigenvalue weighted by atomic mass is 9.98. The lowest BCUT2D eigenvalue weighted by Crippen LogP contribution is -2.07. The molecule has 0 fully saturated rings. The van der Waals surface area contributed by atoms with Gasteiger partial charge in [0.1, 0.15) is 5.15 Å². The smallest absolute Gasteiger partial charge is 0.147 e. The molecule has 0 saturated heterocycles. The van der Waals surface area contributed by atoms with E-state index in [-0.39, 0.29) is 0 Å². The summed E-state index contributed by atoms with van der Waals surface area (Å²) in [4.78, 5) is 8.39. The monoisotopic (exact) mass is 180 g/mol. The van der Waals surface area contributed by atoms with E-state index in [1.807, 2.05) is 6.08 Å². The summed E-state index contributed by atoms with van der Waals surface area (Å²) in [5.41, 5.74) is 1.97. The second-order valence-corrected chi connectivity index (χ2v) is 3.45. The van der Waals surface area contributed by atoms with Crippen molar-refractivity contribution >= 4 is 17.7 Å². The molecule has 1 heterocycles. The van der Waals surface area contributed by atoms with Crippen LogP contribution < -0.4 is 0 Å². The summed E-state index contributed by atoms with van der Waals surface area (Å²) >= 11 is 5.73. The first-order valence-electron chi connectivity index (χ1n) is 3.95. The van der Waals surface area contributed by atoms with Gasteiger partial charge in [0.15, 0.2) is 0 Å². The van der Waals surface area contributed by atoms with Crippen LogP contribution in [0.15, 0.2) is 12.3 Å². The van der Waals surface area contributed by atoms with Crippen molar-refractivity contribution in [1.82, 2.24) is 9.97 Å². The van der Waals surface area contributed by atoms with Crippen LogP contribution in [0.4, 0.5) is 0 Å². The van der Waals surface area contributed by atoms with Crippen molar-refractivity contribution in [1.29, 1.82) is 0 Å². The minimum atomic E-state index is 0.483. The number of hydrogen-bond donors (Lipinski definition) is 0. The highest BCUT2D eigenvalue weighted by atomic mass is 35.5. The zero-order valence-electron chi connectivity index (χ0n) is 6.79. The molecule has 12 heavy (non-hydrogen) atoms. The molecule has 0 bridgehead atoms. The molecule has 1 atom stereocenters. The zero-order chi connectivity index (χ0) is 8.55. The molecule has 1 aromatic heterocycles. The standard InChI is InChI=1S/C9H9ClN2/c1-6-2-3-7-8(4-6)12-9(10)5-11-7/h2-3,5-6H,4H2,1H3. The van der Waals surface area contributed by atoms with Crippen LogP contribution in [0.3, 0.4) is 0 Å². The van der Waals surface area contributed by atoms with Crippen molar-refractivity contribution in [2.75, 3.05) is 0 Å². The maximum absolute atomic E-state index is 5.73.